The molecule has 0 radical (unpaired) electrons. The van der Waals surface area contributed by atoms with Crippen LogP contribution in [0, 0.1) is 0 Å². The number of carboxylic acid groups (broad SMARTS) is 1. The molecule has 34 heavy (non-hydrogen) atoms. The summed E-state index contributed by atoms with van der Waals surface area (Å²) in [4.78, 5) is 13.3. The maximum Gasteiger partial charge on any atom is 0.305 e. The number of nitrogens with zero attached hydrogens (tertiary/aromatic N) is 1. The third-order valence-electron chi connectivity index (χ3n) is 6.91. The minimum absolute atomic E-state index is 0.0545. The van der Waals surface area contributed by atoms with Crippen molar-refractivity contribution in [2.75, 3.05) is 4.90 Å². The second kappa shape index (κ2) is 9.59. The Labute approximate surface area is 202 Å². The first-order chi connectivity index (χ1) is 16.0. The second-order valence-corrected chi connectivity index (χ2v) is 10.8. The van der Waals surface area contributed by atoms with Gasteiger partial charge in [-0.25, -0.2) is 0 Å². The van der Waals surface area contributed by atoms with E-state index in [2.05, 4.69) is 62.9 Å². The van der Waals surface area contributed by atoms with Gasteiger partial charge in [-0.05, 0) is 61.8 Å². The summed E-state index contributed by atoms with van der Waals surface area (Å²) in [7, 11) is 0. The maximum absolute atomic E-state index is 10.9. The first-order valence-corrected chi connectivity index (χ1v) is 12.3. The molecule has 2 aliphatic rings. The third-order valence-corrected chi connectivity index (χ3v) is 6.91. The Balaban J connectivity index is 1.66. The van der Waals surface area contributed by atoms with Crippen LogP contribution >= 0.6 is 0 Å². The number of rotatable bonds is 9. The molecular weight excluding hydrogens is 430 g/mol. The molecule has 6 nitrogen and oxygen atoms in total. The Morgan fingerprint density at radius 1 is 1.09 bits per heavy atom. The van der Waals surface area contributed by atoms with E-state index >= 15 is 0 Å². The van der Waals surface area contributed by atoms with Crippen LogP contribution in [0.15, 0.2) is 30.3 Å². The number of fused-ring (bicyclic) bond motifs is 2. The van der Waals surface area contributed by atoms with Crippen molar-refractivity contribution < 1.29 is 24.9 Å². The molecule has 184 valence electrons. The standard InChI is InChI=1S/C28H37NO5/c1-17(2)26-23(10-9-21(30)12-22(31)13-25(32)33)27-20(14-28(3,4)34-27)11-24(26)29-15-18-7-5-6-8-19(18)16-29/h5-8,11,17,21-22,30-31H,9-10,12-16H2,1-4H3,(H,32,33). The predicted octanol–water partition coefficient (Wildman–Crippen LogP) is 4.56. The van der Waals surface area contributed by atoms with Crippen LogP contribution < -0.4 is 9.64 Å². The van der Waals surface area contributed by atoms with Gasteiger partial charge in [0.05, 0.1) is 18.6 Å². The molecule has 0 aromatic heterocycles. The zero-order valence-electron chi connectivity index (χ0n) is 20.7. The van der Waals surface area contributed by atoms with Gasteiger partial charge >= 0.3 is 5.97 Å². The molecule has 2 aromatic rings. The molecule has 2 aliphatic heterocycles. The lowest BCUT2D eigenvalue weighted by molar-refractivity contribution is -0.139. The lowest BCUT2D eigenvalue weighted by Gasteiger charge is -2.28. The molecule has 2 unspecified atom stereocenters. The van der Waals surface area contributed by atoms with Crippen molar-refractivity contribution in [3.05, 3.63) is 58.1 Å². The Hall–Kier alpha value is -2.57. The van der Waals surface area contributed by atoms with Gasteiger partial charge in [-0.15, -0.1) is 0 Å². The number of hydrogen-bond donors (Lipinski definition) is 3. The van der Waals surface area contributed by atoms with E-state index in [1.165, 1.54) is 27.9 Å². The summed E-state index contributed by atoms with van der Waals surface area (Å²) in [6, 6.07) is 10.9. The van der Waals surface area contributed by atoms with E-state index in [0.717, 1.165) is 30.8 Å². The van der Waals surface area contributed by atoms with Crippen LogP contribution in [0.3, 0.4) is 0 Å². The van der Waals surface area contributed by atoms with E-state index < -0.39 is 18.2 Å². The fourth-order valence-corrected chi connectivity index (χ4v) is 5.49. The van der Waals surface area contributed by atoms with Crippen molar-refractivity contribution in [2.45, 2.75) is 96.6 Å². The number of carbonyl (C=O) groups is 1. The monoisotopic (exact) mass is 467 g/mol. The van der Waals surface area contributed by atoms with Crippen LogP contribution in [0.1, 0.15) is 80.7 Å². The third kappa shape index (κ3) is 5.23. The Morgan fingerprint density at radius 3 is 2.32 bits per heavy atom. The molecule has 2 heterocycles. The van der Waals surface area contributed by atoms with Gasteiger partial charge < -0.3 is 25.0 Å². The van der Waals surface area contributed by atoms with Crippen LogP contribution in [-0.4, -0.2) is 39.1 Å². The van der Waals surface area contributed by atoms with Crippen molar-refractivity contribution in [3.63, 3.8) is 0 Å². The number of carboxylic acids is 1. The van der Waals surface area contributed by atoms with Gasteiger partial charge in [-0.2, -0.15) is 0 Å². The smallest absolute Gasteiger partial charge is 0.305 e. The summed E-state index contributed by atoms with van der Waals surface area (Å²) in [6.07, 6.45) is -0.240. The molecule has 0 aliphatic carbocycles. The second-order valence-electron chi connectivity index (χ2n) is 10.8. The van der Waals surface area contributed by atoms with Crippen molar-refractivity contribution in [1.29, 1.82) is 0 Å². The van der Waals surface area contributed by atoms with Crippen molar-refractivity contribution in [1.82, 2.24) is 0 Å². The quantitative estimate of drug-likeness (QED) is 0.501. The zero-order chi connectivity index (χ0) is 24.6. The number of hydrogen-bond acceptors (Lipinski definition) is 5. The van der Waals surface area contributed by atoms with Gasteiger partial charge in [0.25, 0.3) is 0 Å². The number of anilines is 1. The van der Waals surface area contributed by atoms with Gasteiger partial charge in [0.2, 0.25) is 0 Å². The zero-order valence-corrected chi connectivity index (χ0v) is 20.7. The average Bonchev–Trinajstić information content (AvgIpc) is 3.29. The molecule has 0 saturated carbocycles. The number of aliphatic carboxylic acids is 1. The summed E-state index contributed by atoms with van der Waals surface area (Å²) in [6.45, 7) is 10.4. The van der Waals surface area contributed by atoms with Crippen LogP contribution in [0.4, 0.5) is 5.69 Å². The SMILES string of the molecule is CC(C)c1c(N2Cc3ccccc3C2)cc2c(c1CCC(O)CC(O)CC(=O)O)OC(C)(C)C2. The Bertz CT molecular complexity index is 1040. The van der Waals surface area contributed by atoms with Crippen LogP contribution in [0.5, 0.6) is 5.75 Å². The molecular formula is C28H37NO5. The van der Waals surface area contributed by atoms with Gasteiger partial charge in [0, 0.05) is 36.3 Å². The van der Waals surface area contributed by atoms with Crippen LogP contribution in [0.2, 0.25) is 0 Å². The number of aliphatic hydroxyl groups is 2. The Kier molecular flexibility index (Phi) is 6.92. The summed E-state index contributed by atoms with van der Waals surface area (Å²) < 4.78 is 6.43. The molecule has 3 N–H and O–H groups in total. The molecule has 0 saturated heterocycles. The van der Waals surface area contributed by atoms with E-state index in [-0.39, 0.29) is 24.4 Å². The topological polar surface area (TPSA) is 90.2 Å². The van der Waals surface area contributed by atoms with E-state index in [9.17, 15) is 15.0 Å². The normalized spacial score (nSPS) is 17.9. The average molecular weight is 468 g/mol. The number of ether oxygens (including phenoxy) is 1. The van der Waals surface area contributed by atoms with Crippen LogP contribution in [0.25, 0.3) is 0 Å². The molecule has 0 amide bonds. The lowest BCUT2D eigenvalue weighted by Crippen LogP contribution is -2.25. The molecule has 2 aromatic carbocycles. The van der Waals surface area contributed by atoms with Gasteiger partial charge in [-0.1, -0.05) is 38.1 Å². The minimum Gasteiger partial charge on any atom is -0.487 e. The van der Waals surface area contributed by atoms with Crippen molar-refractivity contribution in [3.8, 4) is 5.75 Å². The largest absolute Gasteiger partial charge is 0.487 e. The van der Waals surface area contributed by atoms with Crippen LogP contribution in [-0.2, 0) is 30.7 Å². The van der Waals surface area contributed by atoms with Gasteiger partial charge in [0.1, 0.15) is 11.4 Å². The molecule has 2 atom stereocenters. The van der Waals surface area contributed by atoms with Gasteiger partial charge in [-0.3, -0.25) is 4.79 Å². The highest BCUT2D eigenvalue weighted by Gasteiger charge is 2.36. The molecule has 0 spiro atoms. The predicted molar refractivity (Wildman–Crippen MR) is 132 cm³/mol. The fraction of sp³-hybridized carbons (Fsp3) is 0.536. The molecule has 6 heteroatoms. The number of benzene rings is 2. The minimum atomic E-state index is -1.06. The fourth-order valence-electron chi connectivity index (χ4n) is 5.49. The molecule has 0 bridgehead atoms. The van der Waals surface area contributed by atoms with Gasteiger partial charge in [0.15, 0.2) is 0 Å². The number of aliphatic hydroxyl groups excluding tert-OH is 2. The first-order valence-electron chi connectivity index (χ1n) is 12.3. The summed E-state index contributed by atoms with van der Waals surface area (Å²) in [5, 5.41) is 29.4. The summed E-state index contributed by atoms with van der Waals surface area (Å²) in [5.74, 6) is 0.142. The maximum atomic E-state index is 10.9. The van der Waals surface area contributed by atoms with E-state index in [1.54, 1.807) is 0 Å². The first kappa shape index (κ1) is 24.6. The highest BCUT2D eigenvalue weighted by molar-refractivity contribution is 5.68. The lowest BCUT2D eigenvalue weighted by atomic mass is 9.87. The summed E-state index contributed by atoms with van der Waals surface area (Å²) in [5.41, 5.74) is 7.27. The summed E-state index contributed by atoms with van der Waals surface area (Å²) >= 11 is 0. The van der Waals surface area contributed by atoms with E-state index in [4.69, 9.17) is 9.84 Å². The molecule has 0 fully saturated rings. The highest BCUT2D eigenvalue weighted by atomic mass is 16.5. The van der Waals surface area contributed by atoms with E-state index in [1.807, 2.05) is 0 Å². The highest BCUT2D eigenvalue weighted by Crippen LogP contribution is 2.47. The van der Waals surface area contributed by atoms with E-state index in [0.29, 0.717) is 12.8 Å². The van der Waals surface area contributed by atoms with Crippen molar-refractivity contribution in [2.24, 2.45) is 0 Å². The Morgan fingerprint density at radius 2 is 1.74 bits per heavy atom. The van der Waals surface area contributed by atoms with Crippen molar-refractivity contribution >= 4 is 11.7 Å². The molecule has 4 rings (SSSR count).